The average Bonchev–Trinajstić information content (AvgIpc) is 3.18. The van der Waals surface area contributed by atoms with Crippen molar-refractivity contribution in [3.05, 3.63) is 72.2 Å². The van der Waals surface area contributed by atoms with Crippen molar-refractivity contribution in [3.63, 3.8) is 0 Å². The number of pyridine rings is 3. The summed E-state index contributed by atoms with van der Waals surface area (Å²) < 4.78 is 2.27. The van der Waals surface area contributed by atoms with Crippen molar-refractivity contribution in [3.8, 4) is 11.3 Å². The molecule has 0 aliphatic heterocycles. The highest BCUT2D eigenvalue weighted by molar-refractivity contribution is 6.08. The van der Waals surface area contributed by atoms with Gasteiger partial charge in [0, 0.05) is 29.8 Å². The third kappa shape index (κ3) is 1.36. The first-order valence-electron chi connectivity index (χ1n) is 8.03. The average molecular weight is 308 g/mol. The molecule has 0 saturated heterocycles. The molecule has 0 N–H and O–H groups in total. The fourth-order valence-electron chi connectivity index (χ4n) is 3.89. The second-order valence-corrected chi connectivity index (χ2v) is 6.17. The zero-order valence-electron chi connectivity index (χ0n) is 12.8. The lowest BCUT2D eigenvalue weighted by atomic mass is 10.1. The molecular weight excluding hydrogens is 296 g/mol. The molecule has 4 aromatic heterocycles. The number of hydrogen-bond donors (Lipinski definition) is 0. The fourth-order valence-corrected chi connectivity index (χ4v) is 3.89. The Labute approximate surface area is 137 Å². The van der Waals surface area contributed by atoms with E-state index >= 15 is 0 Å². The van der Waals surface area contributed by atoms with Crippen LogP contribution in [0, 0.1) is 0 Å². The van der Waals surface area contributed by atoms with Crippen LogP contribution in [0.3, 0.4) is 0 Å². The lowest BCUT2D eigenvalue weighted by Crippen LogP contribution is -1.98. The number of hydrogen-bond acceptors (Lipinski definition) is 3. The summed E-state index contributed by atoms with van der Waals surface area (Å²) >= 11 is 0. The first-order valence-corrected chi connectivity index (χ1v) is 8.03. The van der Waals surface area contributed by atoms with Crippen molar-refractivity contribution in [1.29, 1.82) is 0 Å². The molecule has 0 unspecified atom stereocenters. The second-order valence-electron chi connectivity index (χ2n) is 6.17. The number of nitrogens with zero attached hydrogens (tertiary/aromatic N) is 4. The Balaban J connectivity index is 1.90. The van der Waals surface area contributed by atoms with Gasteiger partial charge >= 0.3 is 0 Å². The Morgan fingerprint density at radius 1 is 0.833 bits per heavy atom. The predicted octanol–water partition coefficient (Wildman–Crippen LogP) is 4.00. The van der Waals surface area contributed by atoms with Crippen LogP contribution >= 0.6 is 0 Å². The van der Waals surface area contributed by atoms with Gasteiger partial charge in [-0.05, 0) is 29.8 Å². The van der Waals surface area contributed by atoms with Gasteiger partial charge in [0.05, 0.1) is 16.9 Å². The van der Waals surface area contributed by atoms with Crippen LogP contribution < -0.4 is 0 Å². The molecule has 4 nitrogen and oxygen atoms in total. The van der Waals surface area contributed by atoms with Crippen LogP contribution in [0.5, 0.6) is 0 Å². The maximum Gasteiger partial charge on any atom is 0.147 e. The van der Waals surface area contributed by atoms with E-state index in [1.165, 1.54) is 16.8 Å². The minimum atomic E-state index is 0.905. The second kappa shape index (κ2) is 4.17. The third-order valence-electron chi connectivity index (χ3n) is 4.90. The Morgan fingerprint density at radius 2 is 1.67 bits per heavy atom. The smallest absolute Gasteiger partial charge is 0.147 e. The molecule has 5 aromatic rings. The Morgan fingerprint density at radius 3 is 2.62 bits per heavy atom. The molecule has 0 radical (unpaired) electrons. The summed E-state index contributed by atoms with van der Waals surface area (Å²) in [6, 6.07) is 16.7. The van der Waals surface area contributed by atoms with E-state index in [-0.39, 0.29) is 0 Å². The van der Waals surface area contributed by atoms with Gasteiger partial charge in [0.15, 0.2) is 0 Å². The zero-order chi connectivity index (χ0) is 15.7. The molecule has 4 heterocycles. The van der Waals surface area contributed by atoms with Gasteiger partial charge in [0.25, 0.3) is 0 Å². The lowest BCUT2D eigenvalue weighted by Gasteiger charge is -2.08. The van der Waals surface area contributed by atoms with E-state index in [1.807, 2.05) is 24.5 Å². The molecule has 0 atom stereocenters. The van der Waals surface area contributed by atoms with Crippen molar-refractivity contribution >= 4 is 27.6 Å². The molecule has 6 rings (SSSR count). The molecule has 1 aromatic carbocycles. The van der Waals surface area contributed by atoms with Crippen molar-refractivity contribution < 1.29 is 0 Å². The molecule has 24 heavy (non-hydrogen) atoms. The normalized spacial score (nSPS) is 12.8. The highest BCUT2D eigenvalue weighted by Crippen LogP contribution is 2.39. The van der Waals surface area contributed by atoms with Crippen molar-refractivity contribution in [2.24, 2.45) is 0 Å². The number of aromatic nitrogens is 4. The van der Waals surface area contributed by atoms with Crippen molar-refractivity contribution in [2.75, 3.05) is 0 Å². The summed E-state index contributed by atoms with van der Waals surface area (Å²) in [5.74, 6) is 0. The molecule has 0 bridgehead atoms. The first-order chi connectivity index (χ1) is 11.9. The highest BCUT2D eigenvalue weighted by atomic mass is 15.0. The Kier molecular flexibility index (Phi) is 2.12. The third-order valence-corrected chi connectivity index (χ3v) is 4.90. The lowest BCUT2D eigenvalue weighted by molar-refractivity contribution is 1.09. The molecular formula is C20H12N4. The van der Waals surface area contributed by atoms with Crippen LogP contribution in [0.25, 0.3) is 38.8 Å². The maximum atomic E-state index is 5.01. The molecule has 1 aliphatic rings. The first kappa shape index (κ1) is 12.2. The van der Waals surface area contributed by atoms with E-state index in [2.05, 4.69) is 50.8 Å². The molecule has 0 saturated carbocycles. The molecule has 112 valence electrons. The minimum Gasteiger partial charge on any atom is -0.293 e. The van der Waals surface area contributed by atoms with E-state index in [4.69, 9.17) is 4.98 Å². The summed E-state index contributed by atoms with van der Waals surface area (Å²) in [7, 11) is 0. The predicted molar refractivity (Wildman–Crippen MR) is 94.0 cm³/mol. The summed E-state index contributed by atoms with van der Waals surface area (Å²) in [6.45, 7) is 0. The monoisotopic (exact) mass is 308 g/mol. The largest absolute Gasteiger partial charge is 0.293 e. The molecule has 4 heteroatoms. The molecule has 0 spiro atoms. The molecule has 0 fully saturated rings. The van der Waals surface area contributed by atoms with Crippen LogP contribution in [-0.4, -0.2) is 19.4 Å². The Hall–Kier alpha value is -3.27. The minimum absolute atomic E-state index is 0.905. The van der Waals surface area contributed by atoms with Crippen LogP contribution in [0.4, 0.5) is 0 Å². The van der Waals surface area contributed by atoms with Gasteiger partial charge in [-0.25, -0.2) is 4.98 Å². The fraction of sp³-hybridized carbons (Fsp3) is 0.0500. The van der Waals surface area contributed by atoms with Gasteiger partial charge in [0.1, 0.15) is 16.7 Å². The maximum absolute atomic E-state index is 5.01. The number of benzene rings is 1. The quantitative estimate of drug-likeness (QED) is 0.398. The van der Waals surface area contributed by atoms with Gasteiger partial charge in [-0.1, -0.05) is 24.3 Å². The van der Waals surface area contributed by atoms with Gasteiger partial charge < -0.3 is 0 Å². The van der Waals surface area contributed by atoms with Crippen molar-refractivity contribution in [1.82, 2.24) is 19.4 Å². The topological polar surface area (TPSA) is 43.1 Å². The van der Waals surface area contributed by atoms with E-state index < -0.39 is 0 Å². The van der Waals surface area contributed by atoms with Gasteiger partial charge in [-0.3, -0.25) is 14.4 Å². The summed E-state index contributed by atoms with van der Waals surface area (Å²) in [4.78, 5) is 14.2. The Bertz CT molecular complexity index is 1280. The standard InChI is InChI=1S/C20H12N4/c1-2-6-13-12(5-1)11-16-17(13)23-20-14-7-3-9-21-18(14)19-15(24(16)20)8-4-10-22-19/h1-10H,11H2. The number of fused-ring (bicyclic) bond motifs is 10. The summed E-state index contributed by atoms with van der Waals surface area (Å²) in [6.07, 6.45) is 4.55. The van der Waals surface area contributed by atoms with Crippen LogP contribution in [0.2, 0.25) is 0 Å². The number of imidazole rings is 1. The molecule has 1 aliphatic carbocycles. The summed E-state index contributed by atoms with van der Waals surface area (Å²) in [5, 5.41) is 1.05. The summed E-state index contributed by atoms with van der Waals surface area (Å²) in [5.41, 5.74) is 8.80. The van der Waals surface area contributed by atoms with Crippen LogP contribution in [-0.2, 0) is 6.42 Å². The van der Waals surface area contributed by atoms with E-state index in [0.717, 1.165) is 39.7 Å². The van der Waals surface area contributed by atoms with Gasteiger partial charge in [-0.2, -0.15) is 0 Å². The van der Waals surface area contributed by atoms with Gasteiger partial charge in [0.2, 0.25) is 0 Å². The van der Waals surface area contributed by atoms with Crippen molar-refractivity contribution in [2.45, 2.75) is 6.42 Å². The van der Waals surface area contributed by atoms with Crippen LogP contribution in [0.1, 0.15) is 11.3 Å². The zero-order valence-corrected chi connectivity index (χ0v) is 12.8. The van der Waals surface area contributed by atoms with E-state index in [0.29, 0.717) is 0 Å². The highest BCUT2D eigenvalue weighted by Gasteiger charge is 2.26. The SMILES string of the molecule is c1ccc2c(c1)Cc1c-2nc2c3cccnc3c3ncccc3n12. The van der Waals surface area contributed by atoms with E-state index in [9.17, 15) is 0 Å². The molecule has 0 amide bonds. The van der Waals surface area contributed by atoms with E-state index in [1.54, 1.807) is 0 Å². The van der Waals surface area contributed by atoms with Gasteiger partial charge in [-0.15, -0.1) is 0 Å². The van der Waals surface area contributed by atoms with Crippen LogP contribution in [0.15, 0.2) is 60.9 Å². The number of rotatable bonds is 0.